The molecule has 0 radical (unpaired) electrons. The summed E-state index contributed by atoms with van der Waals surface area (Å²) in [6.07, 6.45) is 4.82. The van der Waals surface area contributed by atoms with Crippen molar-refractivity contribution in [2.75, 3.05) is 26.2 Å². The van der Waals surface area contributed by atoms with Gasteiger partial charge < -0.3 is 4.74 Å². The van der Waals surface area contributed by atoms with Gasteiger partial charge in [-0.25, -0.2) is 4.79 Å². The molecular weight excluding hydrogens is 214 g/mol. The number of unbranched alkanes of at least 4 members (excludes halogenated alkanes) is 2. The minimum absolute atomic E-state index is 0.282. The third-order valence-electron chi connectivity index (χ3n) is 2.64. The Labute approximate surface area is 106 Å². The van der Waals surface area contributed by atoms with Gasteiger partial charge in [0.2, 0.25) is 0 Å². The highest BCUT2D eigenvalue weighted by molar-refractivity contribution is 5.86. The van der Waals surface area contributed by atoms with Crippen molar-refractivity contribution >= 4 is 5.97 Å². The highest BCUT2D eigenvalue weighted by Gasteiger charge is 2.06. The van der Waals surface area contributed by atoms with Gasteiger partial charge in [-0.3, -0.25) is 4.90 Å². The van der Waals surface area contributed by atoms with Crippen molar-refractivity contribution in [3.05, 3.63) is 12.2 Å². The van der Waals surface area contributed by atoms with E-state index in [9.17, 15) is 4.79 Å². The Morgan fingerprint density at radius 2 is 1.65 bits per heavy atom. The summed E-state index contributed by atoms with van der Waals surface area (Å²) in [4.78, 5) is 13.6. The van der Waals surface area contributed by atoms with E-state index in [1.807, 2.05) is 0 Å². The first-order valence-corrected chi connectivity index (χ1v) is 6.66. The fourth-order valence-electron chi connectivity index (χ4n) is 1.49. The molecule has 0 bridgehead atoms. The van der Waals surface area contributed by atoms with E-state index in [4.69, 9.17) is 4.74 Å². The second-order valence-corrected chi connectivity index (χ2v) is 4.46. The number of rotatable bonds is 10. The van der Waals surface area contributed by atoms with Crippen molar-refractivity contribution in [3.63, 3.8) is 0 Å². The van der Waals surface area contributed by atoms with Crippen LogP contribution in [0.4, 0.5) is 0 Å². The van der Waals surface area contributed by atoms with E-state index < -0.39 is 0 Å². The molecule has 0 atom stereocenters. The molecule has 0 rings (SSSR count). The molecule has 3 heteroatoms. The Balaban J connectivity index is 3.81. The summed E-state index contributed by atoms with van der Waals surface area (Å²) in [7, 11) is 0. The molecule has 0 spiro atoms. The number of ether oxygens (including phenoxy) is 1. The normalized spacial score (nSPS) is 10.6. The van der Waals surface area contributed by atoms with Crippen LogP contribution in [-0.4, -0.2) is 37.1 Å². The maximum absolute atomic E-state index is 11.2. The summed E-state index contributed by atoms with van der Waals surface area (Å²) < 4.78 is 5.11. The van der Waals surface area contributed by atoms with Gasteiger partial charge in [0.05, 0.1) is 0 Å². The molecule has 0 aromatic carbocycles. The third kappa shape index (κ3) is 8.93. The molecule has 0 saturated carbocycles. The Kier molecular flexibility index (Phi) is 9.83. The maximum Gasteiger partial charge on any atom is 0.333 e. The highest BCUT2D eigenvalue weighted by Crippen LogP contribution is 2.00. The van der Waals surface area contributed by atoms with Crippen LogP contribution in [0.25, 0.3) is 0 Å². The summed E-state index contributed by atoms with van der Waals surface area (Å²) in [5, 5.41) is 0. The lowest BCUT2D eigenvalue weighted by Gasteiger charge is -2.21. The average molecular weight is 241 g/mol. The molecule has 0 heterocycles. The van der Waals surface area contributed by atoms with Crippen LogP contribution in [0.5, 0.6) is 0 Å². The van der Waals surface area contributed by atoms with E-state index in [-0.39, 0.29) is 5.97 Å². The van der Waals surface area contributed by atoms with Crippen LogP contribution in [0, 0.1) is 0 Å². The van der Waals surface area contributed by atoms with E-state index in [0.29, 0.717) is 12.2 Å². The summed E-state index contributed by atoms with van der Waals surface area (Å²) >= 11 is 0. The van der Waals surface area contributed by atoms with Crippen LogP contribution in [0.3, 0.4) is 0 Å². The second-order valence-electron chi connectivity index (χ2n) is 4.46. The van der Waals surface area contributed by atoms with E-state index in [1.165, 1.54) is 25.7 Å². The minimum atomic E-state index is -0.282. The molecule has 0 unspecified atom stereocenters. The predicted octanol–water partition coefficient (Wildman–Crippen LogP) is 3.01. The van der Waals surface area contributed by atoms with Crippen molar-refractivity contribution < 1.29 is 9.53 Å². The van der Waals surface area contributed by atoms with Crippen molar-refractivity contribution in [3.8, 4) is 0 Å². The molecule has 0 aromatic heterocycles. The fourth-order valence-corrected chi connectivity index (χ4v) is 1.49. The van der Waals surface area contributed by atoms with Crippen molar-refractivity contribution in [2.45, 2.75) is 46.5 Å². The lowest BCUT2D eigenvalue weighted by Crippen LogP contribution is -2.30. The standard InChI is InChI=1S/C14H27NO2/c1-5-7-9-15(10-8-6-2)11-12-17-14(16)13(3)4/h3,5-12H2,1-2,4H3. The van der Waals surface area contributed by atoms with Gasteiger partial charge in [0.25, 0.3) is 0 Å². The Bertz CT molecular complexity index is 218. The molecule has 17 heavy (non-hydrogen) atoms. The van der Waals surface area contributed by atoms with E-state index in [1.54, 1.807) is 6.92 Å². The first-order chi connectivity index (χ1) is 8.11. The summed E-state index contributed by atoms with van der Waals surface area (Å²) in [6, 6.07) is 0. The smallest absolute Gasteiger partial charge is 0.333 e. The highest BCUT2D eigenvalue weighted by atomic mass is 16.5. The van der Waals surface area contributed by atoms with Gasteiger partial charge in [-0.2, -0.15) is 0 Å². The van der Waals surface area contributed by atoms with Gasteiger partial charge in [-0.1, -0.05) is 33.3 Å². The predicted molar refractivity (Wildman–Crippen MR) is 72.0 cm³/mol. The summed E-state index contributed by atoms with van der Waals surface area (Å²) in [5.74, 6) is -0.282. The molecular formula is C14H27NO2. The quantitative estimate of drug-likeness (QED) is 0.435. The van der Waals surface area contributed by atoms with Crippen LogP contribution >= 0.6 is 0 Å². The molecule has 0 aliphatic heterocycles. The minimum Gasteiger partial charge on any atom is -0.461 e. The van der Waals surface area contributed by atoms with Gasteiger partial charge in [0.1, 0.15) is 6.61 Å². The number of hydrogen-bond acceptors (Lipinski definition) is 3. The lowest BCUT2D eigenvalue weighted by molar-refractivity contribution is -0.139. The van der Waals surface area contributed by atoms with E-state index in [2.05, 4.69) is 25.3 Å². The molecule has 0 saturated heterocycles. The molecule has 0 amide bonds. The summed E-state index contributed by atoms with van der Waals surface area (Å²) in [6.45, 7) is 13.1. The maximum atomic E-state index is 11.2. The first kappa shape index (κ1) is 16.2. The molecule has 0 fully saturated rings. The Morgan fingerprint density at radius 3 is 2.06 bits per heavy atom. The van der Waals surface area contributed by atoms with Crippen LogP contribution in [0.2, 0.25) is 0 Å². The van der Waals surface area contributed by atoms with Crippen LogP contribution < -0.4 is 0 Å². The SMILES string of the molecule is C=C(C)C(=O)OCCN(CCCC)CCCC. The zero-order chi connectivity index (χ0) is 13.1. The van der Waals surface area contributed by atoms with Gasteiger partial charge in [-0.05, 0) is 32.9 Å². The van der Waals surface area contributed by atoms with Gasteiger partial charge in [0.15, 0.2) is 0 Å². The monoisotopic (exact) mass is 241 g/mol. The third-order valence-corrected chi connectivity index (χ3v) is 2.64. The Morgan fingerprint density at radius 1 is 1.12 bits per heavy atom. The number of esters is 1. The van der Waals surface area contributed by atoms with Crippen LogP contribution in [0.1, 0.15) is 46.5 Å². The fraction of sp³-hybridized carbons (Fsp3) is 0.786. The molecule has 3 nitrogen and oxygen atoms in total. The van der Waals surface area contributed by atoms with Gasteiger partial charge >= 0.3 is 5.97 Å². The Hall–Kier alpha value is -0.830. The van der Waals surface area contributed by atoms with Crippen LogP contribution in [-0.2, 0) is 9.53 Å². The first-order valence-electron chi connectivity index (χ1n) is 6.66. The number of nitrogens with zero attached hydrogens (tertiary/aromatic N) is 1. The largest absolute Gasteiger partial charge is 0.461 e. The molecule has 0 aliphatic carbocycles. The number of carbonyl (C=O) groups is 1. The van der Waals surface area contributed by atoms with E-state index >= 15 is 0 Å². The van der Waals surface area contributed by atoms with Crippen molar-refractivity contribution in [2.24, 2.45) is 0 Å². The summed E-state index contributed by atoms with van der Waals surface area (Å²) in [5.41, 5.74) is 0.471. The molecule has 100 valence electrons. The van der Waals surface area contributed by atoms with Gasteiger partial charge in [0, 0.05) is 12.1 Å². The van der Waals surface area contributed by atoms with Gasteiger partial charge in [-0.15, -0.1) is 0 Å². The number of hydrogen-bond donors (Lipinski definition) is 0. The van der Waals surface area contributed by atoms with Crippen molar-refractivity contribution in [1.82, 2.24) is 4.90 Å². The zero-order valence-corrected chi connectivity index (χ0v) is 11.6. The number of carbonyl (C=O) groups excluding carboxylic acids is 1. The topological polar surface area (TPSA) is 29.5 Å². The molecule has 0 aliphatic rings. The van der Waals surface area contributed by atoms with Crippen LogP contribution in [0.15, 0.2) is 12.2 Å². The van der Waals surface area contributed by atoms with Crippen molar-refractivity contribution in [1.29, 1.82) is 0 Å². The second kappa shape index (κ2) is 10.3. The molecule has 0 aromatic rings. The zero-order valence-electron chi connectivity index (χ0n) is 11.6. The lowest BCUT2D eigenvalue weighted by atomic mass is 10.2. The molecule has 0 N–H and O–H groups in total. The average Bonchev–Trinajstić information content (AvgIpc) is 2.31. The van der Waals surface area contributed by atoms with E-state index in [0.717, 1.165) is 19.6 Å².